The molecular weight excluding hydrogens is 408 g/mol. The van der Waals surface area contributed by atoms with Crippen molar-refractivity contribution in [2.45, 2.75) is 4.90 Å². The van der Waals surface area contributed by atoms with E-state index < -0.39 is 31.7 Å². The number of carbonyl (C=O) groups excluding carboxylic acids is 1. The van der Waals surface area contributed by atoms with Crippen molar-refractivity contribution in [1.29, 1.82) is 0 Å². The summed E-state index contributed by atoms with van der Waals surface area (Å²) in [5.74, 6) is -0.184. The molecule has 0 atom stereocenters. The van der Waals surface area contributed by atoms with E-state index in [-0.39, 0.29) is 11.4 Å². The number of carbonyl (C=O) groups is 1. The highest BCUT2D eigenvalue weighted by Crippen LogP contribution is 2.31. The first-order valence-corrected chi connectivity index (χ1v) is 9.19. The van der Waals surface area contributed by atoms with Gasteiger partial charge in [0.15, 0.2) is 15.9 Å². The number of rotatable bonds is 5. The number of benzene rings is 2. The zero-order valence-corrected chi connectivity index (χ0v) is 15.5. The van der Waals surface area contributed by atoms with Crippen LogP contribution in [0.25, 0.3) is 5.69 Å². The molecule has 0 aliphatic carbocycles. The lowest BCUT2D eigenvalue weighted by atomic mass is 10.2. The Balaban J connectivity index is 2.14. The van der Waals surface area contributed by atoms with Crippen LogP contribution in [-0.2, 0) is 10.1 Å². The molecule has 0 unspecified atom stereocenters. The molecule has 0 aliphatic rings. The van der Waals surface area contributed by atoms with Crippen LogP contribution in [-0.4, -0.2) is 46.0 Å². The van der Waals surface area contributed by atoms with E-state index >= 15 is 0 Å². The van der Waals surface area contributed by atoms with Gasteiger partial charge in [-0.15, -0.1) is 0 Å². The number of tetrazole rings is 1. The third kappa shape index (κ3) is 4.02. The molecule has 0 saturated heterocycles. The third-order valence-electron chi connectivity index (χ3n) is 3.69. The van der Waals surface area contributed by atoms with Crippen molar-refractivity contribution >= 4 is 27.5 Å². The number of nitro benzene ring substituents is 1. The maximum atomic E-state index is 12.6. The van der Waals surface area contributed by atoms with E-state index in [1.807, 2.05) is 0 Å². The molecule has 13 nitrogen and oxygen atoms in total. The number of anilines is 1. The van der Waals surface area contributed by atoms with Crippen LogP contribution in [0.4, 0.5) is 16.2 Å². The first-order chi connectivity index (χ1) is 13.7. The molecule has 0 bridgehead atoms. The zero-order chi connectivity index (χ0) is 21.2. The van der Waals surface area contributed by atoms with E-state index in [1.54, 1.807) is 30.3 Å². The minimum absolute atomic E-state index is 0.184. The Kier molecular flexibility index (Phi) is 5.20. The Hall–Kier alpha value is -3.91. The fourth-order valence-electron chi connectivity index (χ4n) is 2.43. The Morgan fingerprint density at radius 2 is 2.00 bits per heavy atom. The lowest BCUT2D eigenvalue weighted by Crippen LogP contribution is -2.48. The standard InChI is InChI=1S/C15H12N6O7S/c1-28-13-7-12(21(23)24)14(29(25,26)27)8-11(13)20-18-16-9-19(20)15(22)17-10-5-3-2-4-6-10/h2-9H,1H3,(H-,17,22,25,26,27)/p+1. The highest BCUT2D eigenvalue weighted by molar-refractivity contribution is 7.86. The average molecular weight is 421 g/mol. The Labute approximate surface area is 163 Å². The number of amides is 1. The summed E-state index contributed by atoms with van der Waals surface area (Å²) in [7, 11) is -3.79. The van der Waals surface area contributed by atoms with E-state index in [2.05, 4.69) is 15.6 Å². The number of hydrogen-bond donors (Lipinski definition) is 2. The smallest absolute Gasteiger partial charge is 0.367 e. The Morgan fingerprint density at radius 3 is 2.59 bits per heavy atom. The number of ether oxygens (including phenoxy) is 1. The number of methoxy groups -OCH3 is 1. The van der Waals surface area contributed by atoms with Crippen LogP contribution >= 0.6 is 0 Å². The molecule has 2 aromatic carbocycles. The quantitative estimate of drug-likeness (QED) is 0.199. The molecule has 0 radical (unpaired) electrons. The number of nitrogens with one attached hydrogen (secondary N) is 1. The maximum Gasteiger partial charge on any atom is 0.367 e. The summed E-state index contributed by atoms with van der Waals surface area (Å²) < 4.78 is 38.6. The van der Waals surface area contributed by atoms with Crippen molar-refractivity contribution in [1.82, 2.24) is 15.0 Å². The summed E-state index contributed by atoms with van der Waals surface area (Å²) >= 11 is 0. The minimum atomic E-state index is -4.97. The molecule has 0 aliphatic heterocycles. The lowest BCUT2D eigenvalue weighted by Gasteiger charge is -2.08. The van der Waals surface area contributed by atoms with Gasteiger partial charge in [-0.05, 0) is 16.9 Å². The van der Waals surface area contributed by atoms with Gasteiger partial charge < -0.3 is 10.1 Å². The van der Waals surface area contributed by atoms with Crippen molar-refractivity contribution in [3.63, 3.8) is 0 Å². The van der Waals surface area contributed by atoms with Crippen molar-refractivity contribution in [3.05, 3.63) is 58.9 Å². The van der Waals surface area contributed by atoms with Gasteiger partial charge in [-0.1, -0.05) is 22.9 Å². The lowest BCUT2D eigenvalue weighted by molar-refractivity contribution is -0.731. The molecule has 150 valence electrons. The molecule has 0 spiro atoms. The maximum absolute atomic E-state index is 12.6. The number of aromatic nitrogens is 4. The summed E-state index contributed by atoms with van der Waals surface area (Å²) in [5, 5.41) is 21.1. The molecule has 1 heterocycles. The number of nitrogens with zero attached hydrogens (tertiary/aromatic N) is 5. The van der Waals surface area contributed by atoms with Gasteiger partial charge in [-0.2, -0.15) is 8.42 Å². The van der Waals surface area contributed by atoms with E-state index in [9.17, 15) is 27.9 Å². The molecule has 2 N–H and O–H groups in total. The van der Waals surface area contributed by atoms with Gasteiger partial charge in [0.25, 0.3) is 12.0 Å². The second-order valence-electron chi connectivity index (χ2n) is 5.47. The van der Waals surface area contributed by atoms with E-state index in [4.69, 9.17) is 4.74 Å². The first-order valence-electron chi connectivity index (χ1n) is 7.75. The summed E-state index contributed by atoms with van der Waals surface area (Å²) in [6, 6.07) is 9.27. The fourth-order valence-corrected chi connectivity index (χ4v) is 3.08. The topological polar surface area (TPSA) is 170 Å². The van der Waals surface area contributed by atoms with Gasteiger partial charge in [0, 0.05) is 11.8 Å². The highest BCUT2D eigenvalue weighted by Gasteiger charge is 2.32. The van der Waals surface area contributed by atoms with Crippen LogP contribution < -0.4 is 14.9 Å². The normalized spacial score (nSPS) is 11.1. The molecule has 14 heteroatoms. The van der Waals surface area contributed by atoms with Crippen molar-refractivity contribution < 1.29 is 32.2 Å². The summed E-state index contributed by atoms with van der Waals surface area (Å²) in [5.41, 5.74) is -0.632. The average Bonchev–Trinajstić information content (AvgIpc) is 3.16. The molecule has 0 saturated carbocycles. The second kappa shape index (κ2) is 7.61. The van der Waals surface area contributed by atoms with Gasteiger partial charge in [-0.3, -0.25) is 14.7 Å². The van der Waals surface area contributed by atoms with Crippen LogP contribution in [0, 0.1) is 10.1 Å². The Bertz CT molecular complexity index is 1190. The predicted molar refractivity (Wildman–Crippen MR) is 95.4 cm³/mol. The molecule has 1 aromatic heterocycles. The zero-order valence-electron chi connectivity index (χ0n) is 14.7. The van der Waals surface area contributed by atoms with Gasteiger partial charge in [0.1, 0.15) is 0 Å². The largest absolute Gasteiger partial charge is 0.492 e. The number of hydrogen-bond acceptors (Lipinski definition) is 8. The van der Waals surface area contributed by atoms with Crippen molar-refractivity contribution in [3.8, 4) is 11.4 Å². The SMILES string of the molecule is COc1cc([N+](=O)[O-])c(S(=O)(=O)O)cc1-[n+]1nncn1C(=O)Nc1ccccc1. The molecule has 1 amide bonds. The van der Waals surface area contributed by atoms with Crippen LogP contribution in [0.1, 0.15) is 0 Å². The van der Waals surface area contributed by atoms with Gasteiger partial charge in [-0.25, -0.2) is 4.79 Å². The second-order valence-corrected chi connectivity index (χ2v) is 6.86. The van der Waals surface area contributed by atoms with Gasteiger partial charge in [0.05, 0.1) is 23.2 Å². The number of nitro groups is 1. The third-order valence-corrected chi connectivity index (χ3v) is 4.57. The molecule has 3 rings (SSSR count). The molecular formula is C15H13N6O7S+. The number of para-hydroxylation sites is 1. The van der Waals surface area contributed by atoms with Crippen LogP contribution in [0.15, 0.2) is 53.7 Å². The summed E-state index contributed by atoms with van der Waals surface area (Å²) in [6.45, 7) is 0. The fraction of sp³-hybridized carbons (Fsp3) is 0.0667. The van der Waals surface area contributed by atoms with E-state index in [0.29, 0.717) is 5.69 Å². The highest BCUT2D eigenvalue weighted by atomic mass is 32.2. The van der Waals surface area contributed by atoms with Crippen molar-refractivity contribution in [2.24, 2.45) is 0 Å². The van der Waals surface area contributed by atoms with Crippen LogP contribution in [0.3, 0.4) is 0 Å². The van der Waals surface area contributed by atoms with E-state index in [1.165, 1.54) is 7.11 Å². The van der Waals surface area contributed by atoms with Crippen LogP contribution in [0.5, 0.6) is 5.75 Å². The minimum Gasteiger partial charge on any atom is -0.492 e. The molecule has 3 aromatic rings. The summed E-state index contributed by atoms with van der Waals surface area (Å²) in [4.78, 5) is 22.6. The van der Waals surface area contributed by atoms with Gasteiger partial charge >= 0.3 is 16.1 Å². The Morgan fingerprint density at radius 1 is 1.31 bits per heavy atom. The molecule has 29 heavy (non-hydrogen) atoms. The molecule has 0 fully saturated rings. The van der Waals surface area contributed by atoms with Gasteiger partial charge in [0.2, 0.25) is 5.69 Å². The predicted octanol–water partition coefficient (Wildman–Crippen LogP) is 0.798. The van der Waals surface area contributed by atoms with E-state index in [0.717, 1.165) is 27.9 Å². The first kappa shape index (κ1) is 19.8. The van der Waals surface area contributed by atoms with Crippen molar-refractivity contribution in [2.75, 3.05) is 12.4 Å². The monoisotopic (exact) mass is 421 g/mol. The summed E-state index contributed by atoms with van der Waals surface area (Å²) in [6.07, 6.45) is 1.03. The van der Waals surface area contributed by atoms with Crippen LogP contribution in [0.2, 0.25) is 0 Å².